The first kappa shape index (κ1) is 25.4. The summed E-state index contributed by atoms with van der Waals surface area (Å²) in [4.78, 5) is 27.4. The van der Waals surface area contributed by atoms with Crippen molar-refractivity contribution in [2.45, 2.75) is 6.54 Å². The van der Waals surface area contributed by atoms with Crippen molar-refractivity contribution in [3.05, 3.63) is 86.7 Å². The molecule has 2 aliphatic rings. The molecule has 0 spiro atoms. The summed E-state index contributed by atoms with van der Waals surface area (Å²) in [5, 5.41) is 3.52. The maximum Gasteiger partial charge on any atom is 0.266 e. The zero-order valence-corrected chi connectivity index (χ0v) is 22.2. The van der Waals surface area contributed by atoms with Gasteiger partial charge >= 0.3 is 0 Å². The molecular formula is C26H18Cl2N2O5S2. The lowest BCUT2D eigenvalue weighted by atomic mass is 10.1. The summed E-state index contributed by atoms with van der Waals surface area (Å²) in [6.45, 7) is 0.298. The van der Waals surface area contributed by atoms with E-state index in [1.165, 1.54) is 11.8 Å². The van der Waals surface area contributed by atoms with Gasteiger partial charge in [0.05, 0.1) is 11.4 Å². The molecule has 3 aromatic carbocycles. The number of anilines is 1. The molecule has 0 unspecified atom stereocenters. The van der Waals surface area contributed by atoms with Crippen molar-refractivity contribution in [3.8, 4) is 17.2 Å². The van der Waals surface area contributed by atoms with E-state index >= 15 is 0 Å². The van der Waals surface area contributed by atoms with Gasteiger partial charge in [-0.15, -0.1) is 0 Å². The lowest BCUT2D eigenvalue weighted by Gasteiger charge is -2.14. The standard InChI is InChI=1S/C26H18Cl2N2O5S2/c27-17-9-18(28)11-19(10-17)29-24(31)13-33-20-3-1-2-15(6-20)8-23-25(32)30(26(36)37-23)12-16-4-5-21-22(7-16)35-14-34-21/h1-11H,12-14H2,(H,29,31)/b23-8-. The Morgan fingerprint density at radius 1 is 1.08 bits per heavy atom. The fourth-order valence-corrected chi connectivity index (χ4v) is 5.46. The number of thiocarbonyl (C=S) groups is 1. The van der Waals surface area contributed by atoms with Gasteiger partial charge in [0.1, 0.15) is 10.1 Å². The zero-order chi connectivity index (χ0) is 25.9. The first-order chi connectivity index (χ1) is 17.8. The van der Waals surface area contributed by atoms with Crippen LogP contribution in [0.25, 0.3) is 6.08 Å². The maximum atomic E-state index is 13.1. The predicted molar refractivity (Wildman–Crippen MR) is 148 cm³/mol. The normalized spacial score (nSPS) is 15.4. The van der Waals surface area contributed by atoms with E-state index in [1.54, 1.807) is 47.4 Å². The number of benzene rings is 3. The van der Waals surface area contributed by atoms with Crippen molar-refractivity contribution in [1.29, 1.82) is 0 Å². The van der Waals surface area contributed by atoms with Gasteiger partial charge in [-0.1, -0.05) is 65.4 Å². The van der Waals surface area contributed by atoms with E-state index in [0.717, 1.165) is 11.1 Å². The van der Waals surface area contributed by atoms with Gasteiger partial charge in [-0.2, -0.15) is 0 Å². The highest BCUT2D eigenvalue weighted by atomic mass is 35.5. The maximum absolute atomic E-state index is 13.1. The molecule has 5 rings (SSSR count). The SMILES string of the molecule is O=C(COc1cccc(/C=C2\SC(=S)N(Cc3ccc4c(c3)OCO4)C2=O)c1)Nc1cc(Cl)cc(Cl)c1. The van der Waals surface area contributed by atoms with Crippen LogP contribution in [0.5, 0.6) is 17.2 Å². The molecule has 1 N–H and O–H groups in total. The van der Waals surface area contributed by atoms with Crippen LogP contribution in [0.3, 0.4) is 0 Å². The van der Waals surface area contributed by atoms with Crippen LogP contribution < -0.4 is 19.5 Å². The number of amides is 2. The van der Waals surface area contributed by atoms with Gasteiger partial charge in [-0.3, -0.25) is 14.5 Å². The van der Waals surface area contributed by atoms with Crippen LogP contribution in [0.2, 0.25) is 10.0 Å². The van der Waals surface area contributed by atoms with Crippen LogP contribution >= 0.6 is 47.2 Å². The highest BCUT2D eigenvalue weighted by molar-refractivity contribution is 8.26. The number of thioether (sulfide) groups is 1. The zero-order valence-electron chi connectivity index (χ0n) is 19.0. The number of fused-ring (bicyclic) bond motifs is 1. The molecule has 188 valence electrons. The predicted octanol–water partition coefficient (Wildman–Crippen LogP) is 6.14. The Morgan fingerprint density at radius 2 is 1.86 bits per heavy atom. The number of nitrogens with one attached hydrogen (secondary N) is 1. The fourth-order valence-electron chi connectivity index (χ4n) is 3.68. The Kier molecular flexibility index (Phi) is 7.57. The van der Waals surface area contributed by atoms with Crippen molar-refractivity contribution in [2.75, 3.05) is 18.7 Å². The van der Waals surface area contributed by atoms with Crippen molar-refractivity contribution in [3.63, 3.8) is 0 Å². The fraction of sp³-hybridized carbons (Fsp3) is 0.115. The van der Waals surface area contributed by atoms with Gasteiger partial charge in [0, 0.05) is 15.7 Å². The summed E-state index contributed by atoms with van der Waals surface area (Å²) < 4.78 is 16.9. The van der Waals surface area contributed by atoms with Crippen molar-refractivity contribution >= 4 is 75.1 Å². The number of ether oxygens (including phenoxy) is 3. The van der Waals surface area contributed by atoms with Gasteiger partial charge in [0.2, 0.25) is 6.79 Å². The molecule has 11 heteroatoms. The molecule has 0 radical (unpaired) electrons. The Morgan fingerprint density at radius 3 is 2.68 bits per heavy atom. The van der Waals surface area contributed by atoms with Gasteiger partial charge < -0.3 is 19.5 Å². The number of nitrogens with zero attached hydrogens (tertiary/aromatic N) is 1. The summed E-state index contributed by atoms with van der Waals surface area (Å²) in [6, 6.07) is 17.4. The Balaban J connectivity index is 1.21. The van der Waals surface area contributed by atoms with E-state index in [0.29, 0.717) is 48.8 Å². The van der Waals surface area contributed by atoms with Gasteiger partial charge in [0.25, 0.3) is 11.8 Å². The number of hydrogen-bond acceptors (Lipinski definition) is 7. The second kappa shape index (κ2) is 11.0. The van der Waals surface area contributed by atoms with Gasteiger partial charge in [0.15, 0.2) is 18.1 Å². The summed E-state index contributed by atoms with van der Waals surface area (Å²) in [5.74, 6) is 1.26. The van der Waals surface area contributed by atoms with E-state index in [1.807, 2.05) is 24.3 Å². The molecule has 0 aromatic heterocycles. The average molecular weight is 573 g/mol. The second-order valence-corrected chi connectivity index (χ2v) is 10.6. The number of halogens is 2. The minimum atomic E-state index is -0.367. The molecule has 1 fully saturated rings. The average Bonchev–Trinajstić information content (AvgIpc) is 3.42. The summed E-state index contributed by atoms with van der Waals surface area (Å²) in [7, 11) is 0. The number of carbonyl (C=O) groups is 2. The summed E-state index contributed by atoms with van der Waals surface area (Å²) in [5.41, 5.74) is 2.10. The van der Waals surface area contributed by atoms with Gasteiger partial charge in [-0.25, -0.2) is 0 Å². The lowest BCUT2D eigenvalue weighted by Crippen LogP contribution is -2.27. The van der Waals surface area contributed by atoms with Crippen LogP contribution in [0.4, 0.5) is 5.69 Å². The Labute approximate surface area is 232 Å². The number of carbonyl (C=O) groups excluding carboxylic acids is 2. The van der Waals surface area contributed by atoms with Gasteiger partial charge in [-0.05, 0) is 59.7 Å². The molecule has 2 aliphatic heterocycles. The minimum Gasteiger partial charge on any atom is -0.484 e. The molecule has 0 bridgehead atoms. The van der Waals surface area contributed by atoms with E-state index in [9.17, 15) is 9.59 Å². The molecule has 2 amide bonds. The molecule has 3 aromatic rings. The van der Waals surface area contributed by atoms with E-state index in [2.05, 4.69) is 5.32 Å². The van der Waals surface area contributed by atoms with Crippen LogP contribution in [0, 0.1) is 0 Å². The monoisotopic (exact) mass is 572 g/mol. The molecular weight excluding hydrogens is 555 g/mol. The molecule has 7 nitrogen and oxygen atoms in total. The van der Waals surface area contributed by atoms with Crippen molar-refractivity contribution in [2.24, 2.45) is 0 Å². The third-order valence-corrected chi connectivity index (χ3v) is 7.14. The third kappa shape index (κ3) is 6.19. The third-order valence-electron chi connectivity index (χ3n) is 5.32. The molecule has 0 atom stereocenters. The number of rotatable bonds is 7. The lowest BCUT2D eigenvalue weighted by molar-refractivity contribution is -0.122. The van der Waals surface area contributed by atoms with E-state index in [4.69, 9.17) is 49.6 Å². The topological polar surface area (TPSA) is 77.1 Å². The van der Waals surface area contributed by atoms with Crippen LogP contribution in [-0.4, -0.2) is 34.4 Å². The van der Waals surface area contributed by atoms with E-state index in [-0.39, 0.29) is 25.2 Å². The van der Waals surface area contributed by atoms with E-state index < -0.39 is 0 Å². The molecule has 0 saturated carbocycles. The molecule has 0 aliphatic carbocycles. The molecule has 2 heterocycles. The summed E-state index contributed by atoms with van der Waals surface area (Å²) >= 11 is 18.6. The molecule has 37 heavy (non-hydrogen) atoms. The first-order valence-electron chi connectivity index (χ1n) is 11.0. The van der Waals surface area contributed by atoms with Crippen LogP contribution in [-0.2, 0) is 16.1 Å². The summed E-state index contributed by atoms with van der Waals surface area (Å²) in [6.07, 6.45) is 1.75. The van der Waals surface area contributed by atoms with Crippen molar-refractivity contribution in [1.82, 2.24) is 4.90 Å². The van der Waals surface area contributed by atoms with Crippen molar-refractivity contribution < 1.29 is 23.8 Å². The molecule has 1 saturated heterocycles. The largest absolute Gasteiger partial charge is 0.484 e. The first-order valence-corrected chi connectivity index (χ1v) is 12.9. The highest BCUT2D eigenvalue weighted by Crippen LogP contribution is 2.36. The second-order valence-electron chi connectivity index (χ2n) is 8.02. The Bertz CT molecular complexity index is 1430. The minimum absolute atomic E-state index is 0.182. The number of hydrogen-bond donors (Lipinski definition) is 1. The Hall–Kier alpha value is -3.24. The van der Waals surface area contributed by atoms with Crippen LogP contribution in [0.1, 0.15) is 11.1 Å². The quantitative estimate of drug-likeness (QED) is 0.269. The smallest absolute Gasteiger partial charge is 0.266 e. The van der Waals surface area contributed by atoms with Crippen LogP contribution in [0.15, 0.2) is 65.6 Å². The highest BCUT2D eigenvalue weighted by Gasteiger charge is 2.32.